The van der Waals surface area contributed by atoms with E-state index in [1.807, 2.05) is 18.2 Å². The summed E-state index contributed by atoms with van der Waals surface area (Å²) in [4.78, 5) is 20.0. The number of Topliss-reactive ketones (excluding diaryl/α,β-unsaturated/α-hetero) is 1. The molecule has 6 nitrogen and oxygen atoms in total. The Kier molecular flexibility index (Phi) is 7.22. The fourth-order valence-corrected chi connectivity index (χ4v) is 4.23. The summed E-state index contributed by atoms with van der Waals surface area (Å²) in [6, 6.07) is 8.21. The van der Waals surface area contributed by atoms with Gasteiger partial charge in [0, 0.05) is 43.8 Å². The number of hydrogen-bond acceptors (Lipinski definition) is 5. The molecular formula is C23H29BrN4O2. The molecule has 1 N–H and O–H groups in total. The van der Waals surface area contributed by atoms with Crippen molar-refractivity contribution in [2.45, 2.75) is 45.3 Å². The number of carbonyl (C=O) groups is 1. The molecule has 1 fully saturated rings. The Bertz CT molecular complexity index is 987. The van der Waals surface area contributed by atoms with Gasteiger partial charge in [0.2, 0.25) is 5.78 Å². The number of aromatic amines is 1. The van der Waals surface area contributed by atoms with Crippen LogP contribution in [0.15, 0.2) is 34.4 Å². The first-order valence-corrected chi connectivity index (χ1v) is 11.1. The maximum absolute atomic E-state index is 12.7. The molecular weight excluding hydrogens is 444 g/mol. The van der Waals surface area contributed by atoms with Gasteiger partial charge in [-0.05, 0) is 73.8 Å². The third-order valence-corrected chi connectivity index (χ3v) is 6.02. The number of rotatable bonds is 6. The van der Waals surface area contributed by atoms with Crippen LogP contribution < -0.4 is 4.74 Å². The van der Waals surface area contributed by atoms with Crippen LogP contribution in [0.5, 0.6) is 5.75 Å². The Morgan fingerprint density at radius 3 is 2.77 bits per heavy atom. The Morgan fingerprint density at radius 1 is 1.33 bits per heavy atom. The highest BCUT2D eigenvalue weighted by Gasteiger charge is 2.21. The number of halogens is 1. The zero-order chi connectivity index (χ0) is 21.8. The molecule has 1 aromatic heterocycles. The first-order chi connectivity index (χ1) is 14.3. The second-order valence-corrected chi connectivity index (χ2v) is 9.16. The maximum atomic E-state index is 12.7. The number of H-pyrrole nitrogens is 1. The van der Waals surface area contributed by atoms with Crippen molar-refractivity contribution in [3.8, 4) is 11.8 Å². The average molecular weight is 473 g/mol. The van der Waals surface area contributed by atoms with Gasteiger partial charge in [-0.3, -0.25) is 4.79 Å². The number of allylic oxidation sites excluding steroid dienone is 1. The second kappa shape index (κ2) is 9.67. The van der Waals surface area contributed by atoms with Crippen LogP contribution in [0.4, 0.5) is 0 Å². The highest BCUT2D eigenvalue weighted by Crippen LogP contribution is 2.33. The molecule has 0 spiro atoms. The number of nitriles is 1. The van der Waals surface area contributed by atoms with Gasteiger partial charge in [0.25, 0.3) is 0 Å². The number of fused-ring (bicyclic) bond motifs is 1. The lowest BCUT2D eigenvalue weighted by Crippen LogP contribution is -2.32. The average Bonchev–Trinajstić information content (AvgIpc) is 2.94. The highest BCUT2D eigenvalue weighted by atomic mass is 79.9. The predicted molar refractivity (Wildman–Crippen MR) is 123 cm³/mol. The normalized spacial score (nSPS) is 18.3. The third kappa shape index (κ3) is 5.24. The predicted octanol–water partition coefficient (Wildman–Crippen LogP) is 4.72. The summed E-state index contributed by atoms with van der Waals surface area (Å²) in [6.07, 6.45) is 4.87. The monoisotopic (exact) mass is 472 g/mol. The van der Waals surface area contributed by atoms with Crippen molar-refractivity contribution in [1.82, 2.24) is 14.8 Å². The van der Waals surface area contributed by atoms with Crippen molar-refractivity contribution < 1.29 is 9.53 Å². The Balaban J connectivity index is 1.81. The van der Waals surface area contributed by atoms with Crippen molar-refractivity contribution in [2.24, 2.45) is 0 Å². The van der Waals surface area contributed by atoms with Gasteiger partial charge in [-0.2, -0.15) is 5.26 Å². The Labute approximate surface area is 186 Å². The van der Waals surface area contributed by atoms with Gasteiger partial charge >= 0.3 is 0 Å². The molecule has 0 saturated carbocycles. The molecule has 2 aromatic rings. The zero-order valence-corrected chi connectivity index (χ0v) is 19.6. The van der Waals surface area contributed by atoms with Crippen LogP contribution in [-0.2, 0) is 0 Å². The number of likely N-dealkylation sites (tertiary alicyclic amines) is 1. The van der Waals surface area contributed by atoms with E-state index >= 15 is 0 Å². The standard InChI is InChI=1S/C23H29BrN4O2/c1-15(2)28-8-5-6-18(7-9-28)30-22-11-16-10-21(26-20(16)12-19(22)24)23(29)17(13-25)14-27(3)4/h10-12,14-15,18,26H,5-9H2,1-4H3/b17-14+. The van der Waals surface area contributed by atoms with Gasteiger partial charge in [0.1, 0.15) is 23.5 Å². The smallest absolute Gasteiger partial charge is 0.221 e. The summed E-state index contributed by atoms with van der Waals surface area (Å²) in [7, 11) is 3.56. The van der Waals surface area contributed by atoms with Gasteiger partial charge in [-0.15, -0.1) is 0 Å². The summed E-state index contributed by atoms with van der Waals surface area (Å²) in [5, 5.41) is 10.2. The molecule has 160 valence electrons. The van der Waals surface area contributed by atoms with Crippen LogP contribution in [-0.4, -0.2) is 59.9 Å². The lowest BCUT2D eigenvalue weighted by Gasteiger charge is -2.24. The lowest BCUT2D eigenvalue weighted by atomic mass is 10.1. The molecule has 0 radical (unpaired) electrons. The van der Waals surface area contributed by atoms with Crippen molar-refractivity contribution in [1.29, 1.82) is 5.26 Å². The minimum atomic E-state index is -0.321. The van der Waals surface area contributed by atoms with Gasteiger partial charge in [0.05, 0.1) is 10.2 Å². The van der Waals surface area contributed by atoms with E-state index in [9.17, 15) is 10.1 Å². The van der Waals surface area contributed by atoms with Crippen LogP contribution in [0, 0.1) is 11.3 Å². The number of hydrogen-bond donors (Lipinski definition) is 1. The van der Waals surface area contributed by atoms with Crippen LogP contribution in [0.2, 0.25) is 0 Å². The number of nitrogens with zero attached hydrogens (tertiary/aromatic N) is 3. The van der Waals surface area contributed by atoms with E-state index in [1.54, 1.807) is 25.1 Å². The van der Waals surface area contributed by atoms with Crippen LogP contribution in [0.25, 0.3) is 10.9 Å². The van der Waals surface area contributed by atoms with Gasteiger partial charge in [-0.25, -0.2) is 0 Å². The van der Waals surface area contributed by atoms with Gasteiger partial charge < -0.3 is 19.5 Å². The largest absolute Gasteiger partial charge is 0.489 e. The number of nitrogens with one attached hydrogen (secondary N) is 1. The van der Waals surface area contributed by atoms with Crippen molar-refractivity contribution >= 4 is 32.6 Å². The molecule has 3 rings (SSSR count). The van der Waals surface area contributed by atoms with E-state index in [2.05, 4.69) is 39.7 Å². The molecule has 1 aliphatic rings. The van der Waals surface area contributed by atoms with Crippen molar-refractivity contribution in [3.63, 3.8) is 0 Å². The number of ketones is 1. The molecule has 0 amide bonds. The molecule has 30 heavy (non-hydrogen) atoms. The summed E-state index contributed by atoms with van der Waals surface area (Å²) in [5.74, 6) is 0.464. The van der Waals surface area contributed by atoms with Gasteiger partial charge in [0.15, 0.2) is 0 Å². The minimum absolute atomic E-state index is 0.0928. The molecule has 2 heterocycles. The molecule has 1 aliphatic heterocycles. The van der Waals surface area contributed by atoms with E-state index in [-0.39, 0.29) is 17.5 Å². The van der Waals surface area contributed by atoms with E-state index in [4.69, 9.17) is 4.74 Å². The SMILES string of the molecule is CC(C)N1CCCC(Oc2cc3cc(C(=O)/C(C#N)=C/N(C)C)[nH]c3cc2Br)CC1. The third-order valence-electron chi connectivity index (χ3n) is 5.40. The first kappa shape index (κ1) is 22.4. The Morgan fingerprint density at radius 2 is 2.10 bits per heavy atom. The second-order valence-electron chi connectivity index (χ2n) is 8.30. The quantitative estimate of drug-likeness (QED) is 0.373. The zero-order valence-electron chi connectivity index (χ0n) is 18.0. The van der Waals surface area contributed by atoms with Crippen LogP contribution >= 0.6 is 15.9 Å². The van der Waals surface area contributed by atoms with Crippen LogP contribution in [0.1, 0.15) is 43.6 Å². The van der Waals surface area contributed by atoms with Crippen molar-refractivity contribution in [3.05, 3.63) is 40.1 Å². The van der Waals surface area contributed by atoms with E-state index in [0.29, 0.717) is 11.7 Å². The van der Waals surface area contributed by atoms with E-state index in [1.165, 1.54) is 6.20 Å². The maximum Gasteiger partial charge on any atom is 0.221 e. The lowest BCUT2D eigenvalue weighted by molar-refractivity contribution is 0.103. The molecule has 1 unspecified atom stereocenters. The highest BCUT2D eigenvalue weighted by molar-refractivity contribution is 9.10. The molecule has 1 aromatic carbocycles. The molecule has 1 atom stereocenters. The fraction of sp³-hybridized carbons (Fsp3) is 0.478. The summed E-state index contributed by atoms with van der Waals surface area (Å²) < 4.78 is 7.20. The van der Waals surface area contributed by atoms with Crippen molar-refractivity contribution in [2.75, 3.05) is 27.2 Å². The molecule has 7 heteroatoms. The Hall–Kier alpha value is -2.30. The number of carbonyl (C=O) groups excluding carboxylic acids is 1. The fourth-order valence-electron chi connectivity index (χ4n) is 3.79. The summed E-state index contributed by atoms with van der Waals surface area (Å²) >= 11 is 3.61. The van der Waals surface area contributed by atoms with E-state index in [0.717, 1.165) is 53.5 Å². The number of aromatic nitrogens is 1. The van der Waals surface area contributed by atoms with Crippen LogP contribution in [0.3, 0.4) is 0 Å². The number of benzene rings is 1. The minimum Gasteiger partial charge on any atom is -0.489 e. The summed E-state index contributed by atoms with van der Waals surface area (Å²) in [6.45, 7) is 6.63. The van der Waals surface area contributed by atoms with E-state index < -0.39 is 0 Å². The summed E-state index contributed by atoms with van der Waals surface area (Å²) in [5.41, 5.74) is 1.31. The first-order valence-electron chi connectivity index (χ1n) is 10.3. The molecule has 1 saturated heterocycles. The molecule has 0 aliphatic carbocycles. The topological polar surface area (TPSA) is 72.4 Å². The van der Waals surface area contributed by atoms with Gasteiger partial charge in [-0.1, -0.05) is 0 Å². The number of ether oxygens (including phenoxy) is 1. The molecule has 0 bridgehead atoms.